The summed E-state index contributed by atoms with van der Waals surface area (Å²) in [7, 11) is 0. The van der Waals surface area contributed by atoms with Gasteiger partial charge in [0.15, 0.2) is 0 Å². The number of benzene rings is 1. The van der Waals surface area contributed by atoms with E-state index >= 15 is 0 Å². The minimum Gasteiger partial charge on any atom is -0.481 e. The van der Waals surface area contributed by atoms with Gasteiger partial charge in [-0.3, -0.25) is 4.79 Å². The van der Waals surface area contributed by atoms with Gasteiger partial charge in [0, 0.05) is 0 Å². The molecule has 0 saturated heterocycles. The van der Waals surface area contributed by atoms with E-state index in [9.17, 15) is 4.79 Å². The van der Waals surface area contributed by atoms with Gasteiger partial charge in [0.2, 0.25) is 0 Å². The maximum absolute atomic E-state index is 10.6. The SMILES string of the molecule is CC(Cc1cccc(C#N)c1)C(=O)O. The van der Waals surface area contributed by atoms with Crippen molar-refractivity contribution in [1.82, 2.24) is 0 Å². The van der Waals surface area contributed by atoms with E-state index in [1.807, 2.05) is 12.1 Å². The zero-order valence-electron chi connectivity index (χ0n) is 7.90. The van der Waals surface area contributed by atoms with Crippen molar-refractivity contribution < 1.29 is 9.90 Å². The van der Waals surface area contributed by atoms with Crippen molar-refractivity contribution in [3.05, 3.63) is 35.4 Å². The van der Waals surface area contributed by atoms with Crippen LogP contribution < -0.4 is 0 Å². The molecule has 0 spiro atoms. The van der Waals surface area contributed by atoms with Crippen LogP contribution in [0.5, 0.6) is 0 Å². The first-order valence-corrected chi connectivity index (χ1v) is 4.35. The van der Waals surface area contributed by atoms with Crippen molar-refractivity contribution in [3.8, 4) is 6.07 Å². The average molecular weight is 189 g/mol. The zero-order valence-corrected chi connectivity index (χ0v) is 7.90. The van der Waals surface area contributed by atoms with Crippen LogP contribution in [-0.2, 0) is 11.2 Å². The molecule has 0 radical (unpaired) electrons. The average Bonchev–Trinajstić information content (AvgIpc) is 2.18. The zero-order chi connectivity index (χ0) is 10.6. The predicted octanol–water partition coefficient (Wildman–Crippen LogP) is 1.82. The Balaban J connectivity index is 2.78. The molecule has 0 bridgehead atoms. The van der Waals surface area contributed by atoms with Gasteiger partial charge in [-0.2, -0.15) is 5.26 Å². The molecule has 1 aromatic rings. The van der Waals surface area contributed by atoms with Gasteiger partial charge in [0.05, 0.1) is 17.6 Å². The van der Waals surface area contributed by atoms with Crippen LogP contribution in [-0.4, -0.2) is 11.1 Å². The van der Waals surface area contributed by atoms with Gasteiger partial charge in [-0.25, -0.2) is 0 Å². The number of carbonyl (C=O) groups is 1. The maximum Gasteiger partial charge on any atom is 0.306 e. The van der Waals surface area contributed by atoms with Crippen LogP contribution in [0.3, 0.4) is 0 Å². The van der Waals surface area contributed by atoms with E-state index in [-0.39, 0.29) is 0 Å². The summed E-state index contributed by atoms with van der Waals surface area (Å²) in [6.07, 6.45) is 0.463. The molecule has 3 nitrogen and oxygen atoms in total. The van der Waals surface area contributed by atoms with Gasteiger partial charge in [-0.1, -0.05) is 19.1 Å². The topological polar surface area (TPSA) is 61.1 Å². The molecule has 3 heteroatoms. The second-order valence-electron chi connectivity index (χ2n) is 3.26. The van der Waals surface area contributed by atoms with Gasteiger partial charge in [0.1, 0.15) is 0 Å². The van der Waals surface area contributed by atoms with Gasteiger partial charge in [0.25, 0.3) is 0 Å². The fourth-order valence-corrected chi connectivity index (χ4v) is 1.21. The van der Waals surface area contributed by atoms with Gasteiger partial charge >= 0.3 is 5.97 Å². The molecular weight excluding hydrogens is 178 g/mol. The summed E-state index contributed by atoms with van der Waals surface area (Å²) in [6, 6.07) is 9.05. The monoisotopic (exact) mass is 189 g/mol. The Morgan fingerprint density at radius 3 is 2.93 bits per heavy atom. The molecule has 72 valence electrons. The fraction of sp³-hybridized carbons (Fsp3) is 0.273. The number of nitrogens with zero attached hydrogens (tertiary/aromatic N) is 1. The van der Waals surface area contributed by atoms with Crippen LogP contribution in [0.15, 0.2) is 24.3 Å². The molecule has 1 atom stereocenters. The van der Waals surface area contributed by atoms with Crippen LogP contribution in [0, 0.1) is 17.2 Å². The van der Waals surface area contributed by atoms with E-state index in [4.69, 9.17) is 10.4 Å². The van der Waals surface area contributed by atoms with Gasteiger partial charge < -0.3 is 5.11 Å². The molecule has 14 heavy (non-hydrogen) atoms. The van der Waals surface area contributed by atoms with E-state index in [1.165, 1.54) is 0 Å². The number of hydrogen-bond acceptors (Lipinski definition) is 2. The van der Waals surface area contributed by atoms with E-state index in [2.05, 4.69) is 0 Å². The summed E-state index contributed by atoms with van der Waals surface area (Å²) < 4.78 is 0. The lowest BCUT2D eigenvalue weighted by atomic mass is 10.00. The van der Waals surface area contributed by atoms with Crippen LogP contribution >= 0.6 is 0 Å². The van der Waals surface area contributed by atoms with Crippen LogP contribution in [0.25, 0.3) is 0 Å². The molecule has 0 fully saturated rings. The van der Waals surface area contributed by atoms with Crippen LogP contribution in [0.2, 0.25) is 0 Å². The summed E-state index contributed by atoms with van der Waals surface area (Å²) in [5, 5.41) is 17.3. The van der Waals surface area contributed by atoms with Gasteiger partial charge in [-0.15, -0.1) is 0 Å². The second kappa shape index (κ2) is 4.43. The molecule has 0 aliphatic carbocycles. The summed E-state index contributed by atoms with van der Waals surface area (Å²) in [5.41, 5.74) is 1.46. The summed E-state index contributed by atoms with van der Waals surface area (Å²) >= 11 is 0. The number of carboxylic acid groups (broad SMARTS) is 1. The molecule has 1 unspecified atom stereocenters. The highest BCUT2D eigenvalue weighted by atomic mass is 16.4. The Kier molecular flexibility index (Phi) is 3.24. The Labute approximate surface area is 82.6 Å². The van der Waals surface area contributed by atoms with E-state index in [0.29, 0.717) is 12.0 Å². The molecule has 0 saturated carbocycles. The van der Waals surface area contributed by atoms with E-state index < -0.39 is 11.9 Å². The lowest BCUT2D eigenvalue weighted by molar-refractivity contribution is -0.141. The molecule has 0 amide bonds. The lowest BCUT2D eigenvalue weighted by Gasteiger charge is -2.05. The summed E-state index contributed by atoms with van der Waals surface area (Å²) in [5.74, 6) is -1.23. The minimum absolute atomic E-state index is 0.413. The first kappa shape index (κ1) is 10.3. The standard InChI is InChI=1S/C11H11NO2/c1-8(11(13)14)5-9-3-2-4-10(6-9)7-12/h2-4,6,8H,5H2,1H3,(H,13,14). The third-order valence-corrected chi connectivity index (χ3v) is 2.02. The number of carboxylic acids is 1. The highest BCUT2D eigenvalue weighted by molar-refractivity contribution is 5.69. The second-order valence-corrected chi connectivity index (χ2v) is 3.26. The Bertz CT molecular complexity index is 379. The number of rotatable bonds is 3. The summed E-state index contributed by atoms with van der Waals surface area (Å²) in [6.45, 7) is 1.65. The van der Waals surface area contributed by atoms with Crippen molar-refractivity contribution in [3.63, 3.8) is 0 Å². The Hall–Kier alpha value is -1.82. The highest BCUT2D eigenvalue weighted by Crippen LogP contribution is 2.10. The normalized spacial score (nSPS) is 11.7. The smallest absolute Gasteiger partial charge is 0.306 e. The third-order valence-electron chi connectivity index (χ3n) is 2.02. The van der Waals surface area contributed by atoms with Crippen molar-refractivity contribution in [2.24, 2.45) is 5.92 Å². The Morgan fingerprint density at radius 2 is 2.36 bits per heavy atom. The number of aliphatic carboxylic acids is 1. The molecule has 1 N–H and O–H groups in total. The molecule has 0 heterocycles. The molecule has 0 aliphatic rings. The van der Waals surface area contributed by atoms with Crippen molar-refractivity contribution in [2.75, 3.05) is 0 Å². The van der Waals surface area contributed by atoms with Crippen molar-refractivity contribution in [2.45, 2.75) is 13.3 Å². The van der Waals surface area contributed by atoms with Crippen molar-refractivity contribution >= 4 is 5.97 Å². The quantitative estimate of drug-likeness (QED) is 0.788. The minimum atomic E-state index is -0.813. The van der Waals surface area contributed by atoms with Gasteiger partial charge in [-0.05, 0) is 24.1 Å². The number of nitriles is 1. The summed E-state index contributed by atoms with van der Waals surface area (Å²) in [4.78, 5) is 10.6. The van der Waals surface area contributed by atoms with Crippen LogP contribution in [0.4, 0.5) is 0 Å². The van der Waals surface area contributed by atoms with E-state index in [1.54, 1.807) is 25.1 Å². The maximum atomic E-state index is 10.6. The molecule has 0 aliphatic heterocycles. The lowest BCUT2D eigenvalue weighted by Crippen LogP contribution is -2.12. The van der Waals surface area contributed by atoms with Crippen molar-refractivity contribution in [1.29, 1.82) is 5.26 Å². The Morgan fingerprint density at radius 1 is 1.64 bits per heavy atom. The number of hydrogen-bond donors (Lipinski definition) is 1. The largest absolute Gasteiger partial charge is 0.481 e. The molecule has 1 rings (SSSR count). The van der Waals surface area contributed by atoms with E-state index in [0.717, 1.165) is 5.56 Å². The molecular formula is C11H11NO2. The first-order chi connectivity index (χ1) is 6.63. The predicted molar refractivity (Wildman–Crippen MR) is 51.7 cm³/mol. The highest BCUT2D eigenvalue weighted by Gasteiger charge is 2.11. The fourth-order valence-electron chi connectivity index (χ4n) is 1.21. The van der Waals surface area contributed by atoms with Crippen LogP contribution in [0.1, 0.15) is 18.1 Å². The molecule has 1 aromatic carbocycles. The first-order valence-electron chi connectivity index (χ1n) is 4.35. The molecule has 0 aromatic heterocycles. The third kappa shape index (κ3) is 2.60.